The molecule has 4 aliphatic carbocycles. The van der Waals surface area contributed by atoms with E-state index in [2.05, 4.69) is 42.2 Å². The van der Waals surface area contributed by atoms with E-state index in [1.807, 2.05) is 0 Å². The molecule has 9 fully saturated rings. The van der Waals surface area contributed by atoms with Crippen LogP contribution in [0.4, 0.5) is 0 Å². The molecular weight excluding hydrogens is 552 g/mol. The van der Waals surface area contributed by atoms with E-state index >= 15 is 0 Å². The molecule has 248 valence electrons. The largest absolute Gasteiger partial charge is 0.326 e. The summed E-state index contributed by atoms with van der Waals surface area (Å²) < 4.78 is 0. The maximum absolute atomic E-state index is 7.20. The second-order valence-corrected chi connectivity index (χ2v) is 16.5. The van der Waals surface area contributed by atoms with Crippen LogP contribution < -0.4 is 60.3 Å². The molecule has 9 rings (SSSR count). The maximum atomic E-state index is 7.20. The third-order valence-corrected chi connectivity index (χ3v) is 14.5. The lowest BCUT2D eigenvalue weighted by Crippen LogP contribution is -2.66. The third kappa shape index (κ3) is 4.69. The summed E-state index contributed by atoms with van der Waals surface area (Å²) in [7, 11) is 0. The number of hydrazine groups is 1. The van der Waals surface area contributed by atoms with Gasteiger partial charge in [0.05, 0.1) is 49.3 Å². The lowest BCUT2D eigenvalue weighted by Gasteiger charge is -2.43. The zero-order valence-corrected chi connectivity index (χ0v) is 26.4. The third-order valence-electron chi connectivity index (χ3n) is 14.5. The van der Waals surface area contributed by atoms with Crippen LogP contribution in [0.5, 0.6) is 0 Å². The summed E-state index contributed by atoms with van der Waals surface area (Å²) in [5, 5.41) is 31.1. The molecule has 12 heteroatoms. The molecule has 19 unspecified atom stereocenters. The molecule has 0 spiro atoms. The summed E-state index contributed by atoms with van der Waals surface area (Å²) in [4.78, 5) is 0. The fourth-order valence-electron chi connectivity index (χ4n) is 12.4. The summed E-state index contributed by atoms with van der Waals surface area (Å²) in [6.45, 7) is 0. The lowest BCUT2D eigenvalue weighted by molar-refractivity contribution is 0.0883. The molecule has 0 aromatic rings. The Kier molecular flexibility index (Phi) is 7.81. The van der Waals surface area contributed by atoms with Gasteiger partial charge < -0.3 is 17.2 Å². The Morgan fingerprint density at radius 2 is 0.773 bits per heavy atom. The zero-order valence-electron chi connectivity index (χ0n) is 26.4. The first-order chi connectivity index (χ1) is 21.5. The number of nitrogens with one attached hydrogen (secondary N) is 7. The molecule has 8 bridgehead atoms. The molecule has 9 aliphatic rings. The van der Waals surface area contributed by atoms with Crippen molar-refractivity contribution in [2.75, 3.05) is 0 Å². The van der Waals surface area contributed by atoms with Gasteiger partial charge in [0.1, 0.15) is 0 Å². The SMILES string of the molecule is NC1CC2C3NC4NC(NC5C6CCCCC6C(NC6NC(NC(N3)C2C(N)C1N)C1CCCCC61)N5N)C1CCCCC41. The standard InChI is InChI=1S/C32H60N12/c33-21-13-20-22(24(35)23(21)34)30-40-26-15-8-2-4-10-17(15)28(38-26)43-32-19-12-6-5-11-18(19)31(44(32)36)42-27-16-9-3-1-7-14(16)25(37-27)39-29(20)41-30/h14-32,37-43H,1-13,33-36H2. The molecule has 0 aromatic heterocycles. The molecule has 19 atom stereocenters. The van der Waals surface area contributed by atoms with E-state index in [0.29, 0.717) is 41.4 Å². The Labute approximate surface area is 263 Å². The topological polar surface area (TPSA) is 192 Å². The first-order valence-corrected chi connectivity index (χ1v) is 18.6. The van der Waals surface area contributed by atoms with Crippen LogP contribution in [-0.2, 0) is 0 Å². The van der Waals surface area contributed by atoms with Crippen LogP contribution in [0.1, 0.15) is 83.5 Å². The van der Waals surface area contributed by atoms with Crippen molar-refractivity contribution in [3.63, 3.8) is 0 Å². The van der Waals surface area contributed by atoms with Gasteiger partial charge in [-0.2, -0.15) is 0 Å². The quantitative estimate of drug-likeness (QED) is 0.150. The van der Waals surface area contributed by atoms with Gasteiger partial charge in [-0.3, -0.25) is 43.1 Å². The minimum Gasteiger partial charge on any atom is -0.326 e. The molecular formula is C32H60N12. The van der Waals surface area contributed by atoms with Gasteiger partial charge in [-0.25, -0.2) is 5.01 Å². The smallest absolute Gasteiger partial charge is 0.0792 e. The van der Waals surface area contributed by atoms with Gasteiger partial charge in [-0.05, 0) is 86.4 Å². The highest BCUT2D eigenvalue weighted by Gasteiger charge is 2.57. The first kappa shape index (κ1) is 29.6. The van der Waals surface area contributed by atoms with Gasteiger partial charge in [-0.15, -0.1) is 0 Å². The van der Waals surface area contributed by atoms with Crippen molar-refractivity contribution >= 4 is 0 Å². The molecule has 0 radical (unpaired) electrons. The first-order valence-electron chi connectivity index (χ1n) is 18.6. The van der Waals surface area contributed by atoms with Crippen molar-refractivity contribution in [1.82, 2.24) is 42.2 Å². The normalized spacial score (nSPS) is 59.0. The number of fused-ring (bicyclic) bond motifs is 20. The van der Waals surface area contributed by atoms with Crippen LogP contribution in [0.15, 0.2) is 0 Å². The number of hydrogen-bond acceptors (Lipinski definition) is 12. The Morgan fingerprint density at radius 1 is 0.409 bits per heavy atom. The van der Waals surface area contributed by atoms with Crippen LogP contribution in [0.3, 0.4) is 0 Å². The van der Waals surface area contributed by atoms with E-state index in [0.717, 1.165) is 6.42 Å². The summed E-state index contributed by atoms with van der Waals surface area (Å²) in [6.07, 6.45) is 18.0. The van der Waals surface area contributed by atoms with Crippen molar-refractivity contribution in [3.8, 4) is 0 Å². The van der Waals surface area contributed by atoms with Crippen LogP contribution in [0.25, 0.3) is 0 Å². The molecule has 15 N–H and O–H groups in total. The van der Waals surface area contributed by atoms with E-state index in [4.69, 9.17) is 23.0 Å². The Morgan fingerprint density at radius 3 is 1.23 bits per heavy atom. The summed E-state index contributed by atoms with van der Waals surface area (Å²) >= 11 is 0. The fraction of sp³-hybridized carbons (Fsp3) is 1.00. The number of rotatable bonds is 0. The second-order valence-electron chi connectivity index (χ2n) is 16.5. The van der Waals surface area contributed by atoms with Crippen LogP contribution in [0, 0.1) is 47.3 Å². The number of nitrogens with zero attached hydrogens (tertiary/aromatic N) is 1. The molecule has 4 saturated carbocycles. The predicted molar refractivity (Wildman–Crippen MR) is 170 cm³/mol. The van der Waals surface area contributed by atoms with Gasteiger partial charge in [0.15, 0.2) is 0 Å². The minimum absolute atomic E-state index is 0.0750. The maximum Gasteiger partial charge on any atom is 0.0792 e. The second kappa shape index (κ2) is 11.6. The molecule has 0 aromatic carbocycles. The molecule has 44 heavy (non-hydrogen) atoms. The average molecular weight is 613 g/mol. The van der Waals surface area contributed by atoms with Crippen LogP contribution >= 0.6 is 0 Å². The lowest BCUT2D eigenvalue weighted by atomic mass is 9.71. The Bertz CT molecular complexity index is 1050. The Balaban J connectivity index is 1.08. The van der Waals surface area contributed by atoms with E-state index in [1.54, 1.807) is 0 Å². The monoisotopic (exact) mass is 613 g/mol. The summed E-state index contributed by atoms with van der Waals surface area (Å²) in [5.74, 6) is 11.3. The fourth-order valence-corrected chi connectivity index (χ4v) is 12.4. The molecule has 5 aliphatic heterocycles. The van der Waals surface area contributed by atoms with Gasteiger partial charge in [0.2, 0.25) is 0 Å². The van der Waals surface area contributed by atoms with Crippen molar-refractivity contribution in [2.24, 2.45) is 70.4 Å². The van der Waals surface area contributed by atoms with E-state index in [1.165, 1.54) is 77.0 Å². The highest BCUT2D eigenvalue weighted by atomic mass is 15.6. The van der Waals surface area contributed by atoms with Crippen molar-refractivity contribution in [1.29, 1.82) is 0 Å². The molecule has 0 amide bonds. The number of nitrogens with two attached hydrogens (primary N) is 4. The predicted octanol–water partition coefficient (Wildman–Crippen LogP) is -0.997. The van der Waals surface area contributed by atoms with Crippen molar-refractivity contribution < 1.29 is 0 Å². The molecule has 5 saturated heterocycles. The highest BCUT2D eigenvalue weighted by molar-refractivity contribution is 5.12. The summed E-state index contributed by atoms with van der Waals surface area (Å²) in [6, 6.07) is -0.397. The van der Waals surface area contributed by atoms with Crippen LogP contribution in [-0.4, -0.2) is 72.5 Å². The van der Waals surface area contributed by atoms with Crippen molar-refractivity contribution in [3.05, 3.63) is 0 Å². The zero-order chi connectivity index (χ0) is 29.7. The van der Waals surface area contributed by atoms with Crippen LogP contribution in [0.2, 0.25) is 0 Å². The molecule has 5 heterocycles. The van der Waals surface area contributed by atoms with Gasteiger partial charge >= 0.3 is 0 Å². The van der Waals surface area contributed by atoms with Gasteiger partial charge in [0, 0.05) is 24.0 Å². The molecule has 12 nitrogen and oxygen atoms in total. The van der Waals surface area contributed by atoms with E-state index in [9.17, 15) is 0 Å². The number of hydrogen-bond donors (Lipinski definition) is 11. The van der Waals surface area contributed by atoms with E-state index < -0.39 is 0 Å². The van der Waals surface area contributed by atoms with Gasteiger partial charge in [-0.1, -0.05) is 38.5 Å². The van der Waals surface area contributed by atoms with Crippen molar-refractivity contribution in [2.45, 2.75) is 151 Å². The minimum atomic E-state index is -0.181. The highest BCUT2D eigenvalue weighted by Crippen LogP contribution is 2.46. The van der Waals surface area contributed by atoms with E-state index in [-0.39, 0.29) is 73.4 Å². The average Bonchev–Trinajstić information content (AvgIpc) is 3.74. The Hall–Kier alpha value is -0.480. The summed E-state index contributed by atoms with van der Waals surface area (Å²) in [5.41, 5.74) is 20.3. The van der Waals surface area contributed by atoms with Gasteiger partial charge in [0.25, 0.3) is 0 Å².